The minimum absolute atomic E-state index is 0.0184. The first-order valence-corrected chi connectivity index (χ1v) is 5.96. The van der Waals surface area contributed by atoms with Gasteiger partial charge in [0, 0.05) is 4.90 Å². The molecule has 0 unspecified atom stereocenters. The van der Waals surface area contributed by atoms with E-state index in [0.29, 0.717) is 9.92 Å². The summed E-state index contributed by atoms with van der Waals surface area (Å²) in [7, 11) is 0. The Morgan fingerprint density at radius 1 is 1.39 bits per heavy atom. The fourth-order valence-corrected chi connectivity index (χ4v) is 2.35. The van der Waals surface area contributed by atoms with E-state index in [1.54, 1.807) is 24.3 Å². The number of rotatable bonds is 3. The van der Waals surface area contributed by atoms with E-state index in [2.05, 4.69) is 9.97 Å². The molecule has 0 amide bonds. The first kappa shape index (κ1) is 12.6. The minimum Gasteiger partial charge on any atom is -0.368 e. The van der Waals surface area contributed by atoms with Gasteiger partial charge in [0.05, 0.1) is 9.95 Å². The number of aromatic nitrogens is 2. The number of benzene rings is 1. The fourth-order valence-electron chi connectivity index (χ4n) is 1.20. The maximum Gasteiger partial charge on any atom is 0.320 e. The van der Waals surface area contributed by atoms with E-state index in [9.17, 15) is 10.1 Å². The molecule has 0 saturated heterocycles. The van der Waals surface area contributed by atoms with Gasteiger partial charge < -0.3 is 5.73 Å². The quantitative estimate of drug-likeness (QED) is 0.528. The van der Waals surface area contributed by atoms with Crippen molar-refractivity contribution in [1.29, 1.82) is 0 Å². The van der Waals surface area contributed by atoms with E-state index in [4.69, 9.17) is 17.3 Å². The van der Waals surface area contributed by atoms with Crippen LogP contribution in [0.5, 0.6) is 0 Å². The van der Waals surface area contributed by atoms with Gasteiger partial charge in [-0.2, -0.15) is 4.98 Å². The summed E-state index contributed by atoms with van der Waals surface area (Å²) in [6.45, 7) is 0. The summed E-state index contributed by atoms with van der Waals surface area (Å²) in [6.07, 6.45) is 1.08. The lowest BCUT2D eigenvalue weighted by atomic mass is 10.4. The van der Waals surface area contributed by atoms with Crippen LogP contribution >= 0.6 is 23.4 Å². The summed E-state index contributed by atoms with van der Waals surface area (Å²) in [5, 5.41) is 11.5. The lowest BCUT2D eigenvalue weighted by Crippen LogP contribution is -2.00. The van der Waals surface area contributed by atoms with Crippen molar-refractivity contribution in [3.05, 3.63) is 45.6 Å². The van der Waals surface area contributed by atoms with E-state index in [-0.39, 0.29) is 16.7 Å². The molecule has 1 aromatic heterocycles. The second-order valence-corrected chi connectivity index (χ2v) is 4.65. The van der Waals surface area contributed by atoms with Crippen LogP contribution in [-0.4, -0.2) is 14.9 Å². The second-order valence-electron chi connectivity index (χ2n) is 3.21. The smallest absolute Gasteiger partial charge is 0.320 e. The zero-order valence-electron chi connectivity index (χ0n) is 8.91. The Bertz CT molecular complexity index is 608. The number of nitrogens with two attached hydrogens (primary N) is 1. The van der Waals surface area contributed by atoms with E-state index >= 15 is 0 Å². The molecule has 0 aliphatic carbocycles. The summed E-state index contributed by atoms with van der Waals surface area (Å²) >= 11 is 7.06. The van der Waals surface area contributed by atoms with Crippen LogP contribution < -0.4 is 5.73 Å². The van der Waals surface area contributed by atoms with Gasteiger partial charge in [-0.3, -0.25) is 10.1 Å². The number of hydrogen-bond acceptors (Lipinski definition) is 6. The van der Waals surface area contributed by atoms with Gasteiger partial charge in [0.25, 0.3) is 0 Å². The first-order valence-electron chi connectivity index (χ1n) is 4.77. The van der Waals surface area contributed by atoms with Crippen LogP contribution in [-0.2, 0) is 0 Å². The highest BCUT2D eigenvalue weighted by Crippen LogP contribution is 2.36. The molecular weight excluding hydrogens is 276 g/mol. The highest BCUT2D eigenvalue weighted by Gasteiger charge is 2.18. The molecule has 92 valence electrons. The maximum atomic E-state index is 10.8. The van der Waals surface area contributed by atoms with Gasteiger partial charge >= 0.3 is 5.69 Å². The topological polar surface area (TPSA) is 94.9 Å². The third-order valence-electron chi connectivity index (χ3n) is 1.99. The van der Waals surface area contributed by atoms with Crippen LogP contribution in [0.25, 0.3) is 0 Å². The van der Waals surface area contributed by atoms with Crippen molar-refractivity contribution >= 4 is 35.0 Å². The van der Waals surface area contributed by atoms with Gasteiger partial charge in [-0.05, 0) is 12.1 Å². The van der Waals surface area contributed by atoms with Gasteiger partial charge in [0.15, 0.2) is 5.03 Å². The van der Waals surface area contributed by atoms with Gasteiger partial charge in [0.2, 0.25) is 5.95 Å². The molecule has 2 aromatic rings. The predicted octanol–water partition coefficient (Wildman–Crippen LogP) is 2.77. The molecule has 0 bridgehead atoms. The van der Waals surface area contributed by atoms with Crippen molar-refractivity contribution in [2.45, 2.75) is 9.92 Å². The molecule has 18 heavy (non-hydrogen) atoms. The lowest BCUT2D eigenvalue weighted by Gasteiger charge is -2.04. The molecule has 0 atom stereocenters. The third kappa shape index (κ3) is 2.69. The Labute approximate surface area is 111 Å². The average Bonchev–Trinajstić information content (AvgIpc) is 2.32. The summed E-state index contributed by atoms with van der Waals surface area (Å²) in [4.78, 5) is 18.4. The highest BCUT2D eigenvalue weighted by atomic mass is 35.5. The number of hydrogen-bond donors (Lipinski definition) is 1. The summed E-state index contributed by atoms with van der Waals surface area (Å²) in [6, 6.07) is 7.00. The van der Waals surface area contributed by atoms with E-state index < -0.39 is 4.92 Å². The monoisotopic (exact) mass is 282 g/mol. The number of anilines is 1. The second kappa shape index (κ2) is 5.19. The van der Waals surface area contributed by atoms with Gasteiger partial charge in [0.1, 0.15) is 6.20 Å². The number of nitrogen functional groups attached to an aromatic ring is 1. The number of nitro groups is 1. The van der Waals surface area contributed by atoms with E-state index in [1.807, 2.05) is 0 Å². The Morgan fingerprint density at radius 2 is 2.11 bits per heavy atom. The molecule has 0 radical (unpaired) electrons. The average molecular weight is 283 g/mol. The Hall–Kier alpha value is -1.86. The number of nitrogens with zero attached hydrogens (tertiary/aromatic N) is 3. The molecular formula is C10H7ClN4O2S. The molecule has 1 heterocycles. The molecule has 0 saturated carbocycles. The Balaban J connectivity index is 2.42. The van der Waals surface area contributed by atoms with Crippen molar-refractivity contribution in [1.82, 2.24) is 9.97 Å². The lowest BCUT2D eigenvalue weighted by molar-refractivity contribution is -0.388. The van der Waals surface area contributed by atoms with Gasteiger partial charge in [-0.1, -0.05) is 35.5 Å². The van der Waals surface area contributed by atoms with Crippen molar-refractivity contribution in [3.8, 4) is 0 Å². The maximum absolute atomic E-state index is 10.8. The van der Waals surface area contributed by atoms with Gasteiger partial charge in [-0.15, -0.1) is 0 Å². The third-order valence-corrected chi connectivity index (χ3v) is 3.51. The normalized spacial score (nSPS) is 10.3. The van der Waals surface area contributed by atoms with Crippen LogP contribution in [0.3, 0.4) is 0 Å². The summed E-state index contributed by atoms with van der Waals surface area (Å²) in [5.74, 6) is -0.0184. The molecule has 6 nitrogen and oxygen atoms in total. The molecule has 0 spiro atoms. The zero-order valence-corrected chi connectivity index (χ0v) is 10.5. The molecule has 2 N–H and O–H groups in total. The number of halogens is 1. The van der Waals surface area contributed by atoms with Crippen molar-refractivity contribution in [2.75, 3.05) is 5.73 Å². The molecule has 0 aliphatic heterocycles. The fraction of sp³-hybridized carbons (Fsp3) is 0. The standard InChI is InChI=1S/C10H7ClN4O2S/c11-6-3-1-2-4-8(6)18-9-7(15(16)17)5-13-10(12)14-9/h1-5H,(H2,12,13,14). The SMILES string of the molecule is Nc1ncc([N+](=O)[O-])c(Sc2ccccc2Cl)n1. The van der Waals surface area contributed by atoms with Gasteiger partial charge in [-0.25, -0.2) is 4.98 Å². The molecule has 0 fully saturated rings. The van der Waals surface area contributed by atoms with Crippen LogP contribution in [0.15, 0.2) is 40.4 Å². The van der Waals surface area contributed by atoms with Crippen molar-refractivity contribution < 1.29 is 4.92 Å². The minimum atomic E-state index is -0.557. The van der Waals surface area contributed by atoms with Crippen molar-refractivity contribution in [2.24, 2.45) is 0 Å². The molecule has 8 heteroatoms. The van der Waals surface area contributed by atoms with Crippen LogP contribution in [0.4, 0.5) is 11.6 Å². The van der Waals surface area contributed by atoms with Crippen molar-refractivity contribution in [3.63, 3.8) is 0 Å². The van der Waals surface area contributed by atoms with Crippen LogP contribution in [0.1, 0.15) is 0 Å². The highest BCUT2D eigenvalue weighted by molar-refractivity contribution is 7.99. The van der Waals surface area contributed by atoms with E-state index in [1.165, 1.54) is 0 Å². The predicted molar refractivity (Wildman–Crippen MR) is 68.7 cm³/mol. The molecule has 0 aliphatic rings. The van der Waals surface area contributed by atoms with Crippen LogP contribution in [0.2, 0.25) is 5.02 Å². The zero-order chi connectivity index (χ0) is 13.1. The first-order chi connectivity index (χ1) is 8.58. The molecule has 1 aromatic carbocycles. The molecule has 2 rings (SSSR count). The largest absolute Gasteiger partial charge is 0.368 e. The summed E-state index contributed by atoms with van der Waals surface area (Å²) < 4.78 is 0. The van der Waals surface area contributed by atoms with E-state index in [0.717, 1.165) is 18.0 Å². The Morgan fingerprint density at radius 3 is 2.78 bits per heavy atom. The summed E-state index contributed by atoms with van der Waals surface area (Å²) in [5.41, 5.74) is 5.23. The Kier molecular flexibility index (Phi) is 3.63. The van der Waals surface area contributed by atoms with Crippen LogP contribution in [0, 0.1) is 10.1 Å².